The molecule has 0 aliphatic carbocycles. The van der Waals surface area contributed by atoms with Crippen molar-refractivity contribution in [2.75, 3.05) is 39.9 Å². The van der Waals surface area contributed by atoms with E-state index in [0.717, 1.165) is 56.5 Å². The monoisotopic (exact) mass is 363 g/mol. The number of hydrogen-bond donors (Lipinski definition) is 1. The van der Waals surface area contributed by atoms with Crippen molar-refractivity contribution >= 4 is 5.96 Å². The Labute approximate surface area is 157 Å². The fourth-order valence-corrected chi connectivity index (χ4v) is 3.08. The molecule has 1 aromatic rings. The van der Waals surface area contributed by atoms with Crippen molar-refractivity contribution in [3.63, 3.8) is 0 Å². The zero-order chi connectivity index (χ0) is 18.8. The average Bonchev–Trinajstić information content (AvgIpc) is 2.66. The van der Waals surface area contributed by atoms with Gasteiger partial charge in [0.1, 0.15) is 6.10 Å². The third-order valence-electron chi connectivity index (χ3n) is 4.37. The van der Waals surface area contributed by atoms with Crippen LogP contribution in [0.3, 0.4) is 0 Å². The summed E-state index contributed by atoms with van der Waals surface area (Å²) < 4.78 is 17.1. The van der Waals surface area contributed by atoms with Crippen LogP contribution >= 0.6 is 0 Å². The molecule has 0 saturated carbocycles. The molecule has 1 atom stereocenters. The van der Waals surface area contributed by atoms with Gasteiger partial charge in [-0.05, 0) is 45.7 Å². The molecule has 2 rings (SSSR count). The van der Waals surface area contributed by atoms with E-state index in [2.05, 4.69) is 24.1 Å². The van der Waals surface area contributed by atoms with Crippen molar-refractivity contribution in [2.24, 2.45) is 4.99 Å². The number of nitrogens with one attached hydrogen (secondary N) is 1. The summed E-state index contributed by atoms with van der Waals surface area (Å²) in [5, 5.41) is 3.40. The van der Waals surface area contributed by atoms with Gasteiger partial charge < -0.3 is 24.4 Å². The van der Waals surface area contributed by atoms with E-state index in [-0.39, 0.29) is 6.10 Å². The number of guanidine groups is 1. The fraction of sp³-hybridized carbons (Fsp3) is 0.650. The number of benzene rings is 1. The maximum atomic E-state index is 6.00. The van der Waals surface area contributed by atoms with Gasteiger partial charge in [-0.25, -0.2) is 4.99 Å². The Morgan fingerprint density at radius 2 is 1.92 bits per heavy atom. The minimum atomic E-state index is -0.0408. The summed E-state index contributed by atoms with van der Waals surface area (Å²) in [5.41, 5.74) is 0. The van der Waals surface area contributed by atoms with Gasteiger partial charge in [0.2, 0.25) is 0 Å². The zero-order valence-electron chi connectivity index (χ0n) is 16.5. The number of likely N-dealkylation sites (tertiary alicyclic amines) is 1. The van der Waals surface area contributed by atoms with Crippen LogP contribution in [-0.4, -0.2) is 63.0 Å². The number of nitrogens with zero attached hydrogens (tertiary/aromatic N) is 2. The molecule has 146 valence electrons. The topological polar surface area (TPSA) is 55.3 Å². The first-order valence-corrected chi connectivity index (χ1v) is 9.62. The van der Waals surface area contributed by atoms with Crippen LogP contribution in [0.25, 0.3) is 0 Å². The van der Waals surface area contributed by atoms with Gasteiger partial charge in [0.25, 0.3) is 0 Å². The van der Waals surface area contributed by atoms with E-state index < -0.39 is 0 Å². The van der Waals surface area contributed by atoms with Gasteiger partial charge in [-0.15, -0.1) is 0 Å². The number of ether oxygens (including phenoxy) is 3. The third kappa shape index (κ3) is 6.09. The van der Waals surface area contributed by atoms with E-state index in [0.29, 0.717) is 12.6 Å². The van der Waals surface area contributed by atoms with Crippen LogP contribution in [0, 0.1) is 0 Å². The average molecular weight is 364 g/mol. The lowest BCUT2D eigenvalue weighted by Crippen LogP contribution is -2.47. The highest BCUT2D eigenvalue weighted by atomic mass is 16.5. The van der Waals surface area contributed by atoms with Crippen LogP contribution in [0.4, 0.5) is 0 Å². The van der Waals surface area contributed by atoms with Crippen LogP contribution in [-0.2, 0) is 4.74 Å². The number of methoxy groups -OCH3 is 1. The second kappa shape index (κ2) is 10.9. The summed E-state index contributed by atoms with van der Waals surface area (Å²) in [6.45, 7) is 10.4. The van der Waals surface area contributed by atoms with Crippen LogP contribution in [0.15, 0.2) is 29.3 Å². The fourth-order valence-electron chi connectivity index (χ4n) is 3.08. The molecule has 1 heterocycles. The van der Waals surface area contributed by atoms with Crippen LogP contribution < -0.4 is 14.8 Å². The Bertz CT molecular complexity index is 557. The first kappa shape index (κ1) is 20.4. The highest BCUT2D eigenvalue weighted by Gasteiger charge is 2.21. The number of aliphatic imine (C=N–C) groups is 1. The van der Waals surface area contributed by atoms with Gasteiger partial charge in [-0.1, -0.05) is 12.1 Å². The SMILES string of the molecule is CCNC(=NCC(C)Oc1ccccc1OC)N1CCC(OCC)CC1. The molecule has 1 aliphatic rings. The minimum Gasteiger partial charge on any atom is -0.493 e. The molecule has 0 radical (unpaired) electrons. The molecular formula is C20H33N3O3. The van der Waals surface area contributed by atoms with E-state index in [1.807, 2.05) is 31.2 Å². The lowest BCUT2D eigenvalue weighted by atomic mass is 10.1. The number of para-hydroxylation sites is 2. The maximum absolute atomic E-state index is 6.00. The van der Waals surface area contributed by atoms with Crippen LogP contribution in [0.5, 0.6) is 11.5 Å². The van der Waals surface area contributed by atoms with Gasteiger partial charge >= 0.3 is 0 Å². The third-order valence-corrected chi connectivity index (χ3v) is 4.37. The molecule has 0 aromatic heterocycles. The number of rotatable bonds is 8. The quantitative estimate of drug-likeness (QED) is 0.568. The van der Waals surface area contributed by atoms with Gasteiger partial charge in [-0.2, -0.15) is 0 Å². The summed E-state index contributed by atoms with van der Waals surface area (Å²) in [7, 11) is 1.65. The standard InChI is InChI=1S/C20H33N3O3/c1-5-21-20(23-13-11-17(12-14-23)25-6-2)22-15-16(3)26-19-10-8-7-9-18(19)24-4/h7-10,16-17H,5-6,11-15H2,1-4H3,(H,21,22). The van der Waals surface area contributed by atoms with Gasteiger partial charge in [0, 0.05) is 26.2 Å². The Balaban J connectivity index is 1.91. The van der Waals surface area contributed by atoms with Crippen molar-refractivity contribution < 1.29 is 14.2 Å². The number of piperidine rings is 1. The Morgan fingerprint density at radius 1 is 1.23 bits per heavy atom. The largest absolute Gasteiger partial charge is 0.493 e. The minimum absolute atomic E-state index is 0.0408. The molecule has 1 unspecified atom stereocenters. The smallest absolute Gasteiger partial charge is 0.194 e. The molecule has 0 bridgehead atoms. The Kier molecular flexibility index (Phi) is 8.54. The first-order valence-electron chi connectivity index (χ1n) is 9.62. The Hall–Kier alpha value is -1.95. The second-order valence-corrected chi connectivity index (χ2v) is 6.42. The molecule has 0 spiro atoms. The van der Waals surface area contributed by atoms with Crippen molar-refractivity contribution in [1.29, 1.82) is 0 Å². The van der Waals surface area contributed by atoms with E-state index in [9.17, 15) is 0 Å². The summed E-state index contributed by atoms with van der Waals surface area (Å²) in [6, 6.07) is 7.70. The van der Waals surface area contributed by atoms with Crippen molar-refractivity contribution in [1.82, 2.24) is 10.2 Å². The van der Waals surface area contributed by atoms with E-state index in [4.69, 9.17) is 19.2 Å². The van der Waals surface area contributed by atoms with Crippen molar-refractivity contribution in [2.45, 2.75) is 45.8 Å². The lowest BCUT2D eigenvalue weighted by molar-refractivity contribution is 0.0263. The predicted octanol–water partition coefficient (Wildman–Crippen LogP) is 2.93. The lowest BCUT2D eigenvalue weighted by Gasteiger charge is -2.34. The maximum Gasteiger partial charge on any atom is 0.194 e. The summed E-state index contributed by atoms with van der Waals surface area (Å²) in [6.07, 6.45) is 2.43. The highest BCUT2D eigenvalue weighted by Crippen LogP contribution is 2.26. The molecule has 6 heteroatoms. The van der Waals surface area contributed by atoms with Crippen molar-refractivity contribution in [3.05, 3.63) is 24.3 Å². The zero-order valence-corrected chi connectivity index (χ0v) is 16.5. The molecule has 1 N–H and O–H groups in total. The van der Waals surface area contributed by atoms with Gasteiger partial charge in [-0.3, -0.25) is 0 Å². The normalized spacial score (nSPS) is 17.1. The molecule has 1 fully saturated rings. The molecule has 1 aromatic carbocycles. The molecule has 1 aliphatic heterocycles. The van der Waals surface area contributed by atoms with Gasteiger partial charge in [0.05, 0.1) is 19.8 Å². The Morgan fingerprint density at radius 3 is 2.54 bits per heavy atom. The summed E-state index contributed by atoms with van der Waals surface area (Å²) >= 11 is 0. The number of hydrogen-bond acceptors (Lipinski definition) is 4. The highest BCUT2D eigenvalue weighted by molar-refractivity contribution is 5.80. The molecule has 6 nitrogen and oxygen atoms in total. The predicted molar refractivity (Wildman–Crippen MR) is 105 cm³/mol. The molecular weight excluding hydrogens is 330 g/mol. The summed E-state index contributed by atoms with van der Waals surface area (Å²) in [5.74, 6) is 2.45. The van der Waals surface area contributed by atoms with E-state index in [1.165, 1.54) is 0 Å². The molecule has 26 heavy (non-hydrogen) atoms. The first-order chi connectivity index (χ1) is 12.7. The molecule has 1 saturated heterocycles. The van der Waals surface area contributed by atoms with E-state index >= 15 is 0 Å². The van der Waals surface area contributed by atoms with E-state index in [1.54, 1.807) is 7.11 Å². The van der Waals surface area contributed by atoms with Crippen molar-refractivity contribution in [3.8, 4) is 11.5 Å². The van der Waals surface area contributed by atoms with Gasteiger partial charge in [0.15, 0.2) is 17.5 Å². The molecule has 0 amide bonds. The van der Waals surface area contributed by atoms with Crippen LogP contribution in [0.1, 0.15) is 33.6 Å². The second-order valence-electron chi connectivity index (χ2n) is 6.42. The summed E-state index contributed by atoms with van der Waals surface area (Å²) in [4.78, 5) is 7.10. The van der Waals surface area contributed by atoms with Crippen LogP contribution in [0.2, 0.25) is 0 Å².